The highest BCUT2D eigenvalue weighted by Gasteiger charge is 2.11. The zero-order valence-electron chi connectivity index (χ0n) is 10.6. The lowest BCUT2D eigenvalue weighted by Crippen LogP contribution is -2.44. The van der Waals surface area contributed by atoms with Gasteiger partial charge in [-0.25, -0.2) is 0 Å². The van der Waals surface area contributed by atoms with Crippen LogP contribution in [0.1, 0.15) is 19.8 Å². The van der Waals surface area contributed by atoms with Gasteiger partial charge in [-0.2, -0.15) is 0 Å². The molecule has 1 saturated heterocycles. The fraction of sp³-hybridized carbons (Fsp3) is 0.909. The molecule has 0 bridgehead atoms. The van der Waals surface area contributed by atoms with E-state index in [1.807, 2.05) is 0 Å². The molecule has 0 saturated carbocycles. The number of morpholine rings is 1. The Morgan fingerprint density at radius 1 is 1.35 bits per heavy atom. The molecule has 1 fully saturated rings. The SMILES string of the molecule is CCCCOCCN=C(N)N1CCOCC1.I. The summed E-state index contributed by atoms with van der Waals surface area (Å²) in [5.74, 6) is 0.613. The Morgan fingerprint density at radius 2 is 2.06 bits per heavy atom. The van der Waals surface area contributed by atoms with E-state index in [2.05, 4.69) is 16.8 Å². The number of guanidine groups is 1. The number of halogens is 1. The lowest BCUT2D eigenvalue weighted by Gasteiger charge is -2.27. The van der Waals surface area contributed by atoms with Crippen LogP contribution in [-0.2, 0) is 9.47 Å². The molecule has 6 heteroatoms. The third-order valence-corrected chi connectivity index (χ3v) is 2.49. The first-order chi connectivity index (χ1) is 7.84. The number of aliphatic imine (C=N–C) groups is 1. The fourth-order valence-corrected chi connectivity index (χ4v) is 1.47. The number of unbranched alkanes of at least 4 members (excludes halogenated alkanes) is 1. The van der Waals surface area contributed by atoms with Crippen molar-refractivity contribution in [2.75, 3.05) is 46.1 Å². The predicted molar refractivity (Wildman–Crippen MR) is 80.0 cm³/mol. The first kappa shape index (κ1) is 16.9. The van der Waals surface area contributed by atoms with Crippen molar-refractivity contribution in [3.8, 4) is 0 Å². The molecule has 102 valence electrons. The third kappa shape index (κ3) is 7.77. The number of hydrogen-bond donors (Lipinski definition) is 1. The van der Waals surface area contributed by atoms with Crippen molar-refractivity contribution < 1.29 is 9.47 Å². The van der Waals surface area contributed by atoms with Gasteiger partial charge in [-0.1, -0.05) is 13.3 Å². The van der Waals surface area contributed by atoms with Crippen LogP contribution in [-0.4, -0.2) is 56.9 Å². The molecule has 5 nitrogen and oxygen atoms in total. The maximum Gasteiger partial charge on any atom is 0.191 e. The van der Waals surface area contributed by atoms with Crippen LogP contribution in [0.3, 0.4) is 0 Å². The molecule has 1 rings (SSSR count). The Balaban J connectivity index is 0.00000256. The quantitative estimate of drug-likeness (QED) is 0.334. The van der Waals surface area contributed by atoms with Crippen LogP contribution >= 0.6 is 24.0 Å². The average Bonchev–Trinajstić information content (AvgIpc) is 2.34. The van der Waals surface area contributed by atoms with Gasteiger partial charge >= 0.3 is 0 Å². The summed E-state index contributed by atoms with van der Waals surface area (Å²) in [6, 6.07) is 0. The highest BCUT2D eigenvalue weighted by Crippen LogP contribution is 1.96. The molecule has 0 aromatic heterocycles. The molecular weight excluding hydrogens is 333 g/mol. The molecule has 0 aromatic rings. The number of hydrogen-bond acceptors (Lipinski definition) is 3. The predicted octanol–water partition coefficient (Wildman–Crippen LogP) is 1.07. The van der Waals surface area contributed by atoms with E-state index in [1.54, 1.807) is 0 Å². The van der Waals surface area contributed by atoms with E-state index in [9.17, 15) is 0 Å². The molecule has 1 heterocycles. The first-order valence-corrected chi connectivity index (χ1v) is 6.05. The molecule has 0 atom stereocenters. The summed E-state index contributed by atoms with van der Waals surface area (Å²) in [6.07, 6.45) is 2.28. The summed E-state index contributed by atoms with van der Waals surface area (Å²) in [7, 11) is 0. The van der Waals surface area contributed by atoms with Crippen LogP contribution in [0.4, 0.5) is 0 Å². The van der Waals surface area contributed by atoms with E-state index in [0.717, 1.165) is 39.3 Å². The lowest BCUT2D eigenvalue weighted by molar-refractivity contribution is 0.0672. The molecule has 0 amide bonds. The minimum Gasteiger partial charge on any atom is -0.380 e. The zero-order valence-corrected chi connectivity index (χ0v) is 12.9. The molecule has 0 spiro atoms. The Kier molecular flexibility index (Phi) is 11.0. The van der Waals surface area contributed by atoms with Gasteiger partial charge in [-0.3, -0.25) is 4.99 Å². The molecule has 0 unspecified atom stereocenters. The van der Waals surface area contributed by atoms with Crippen LogP contribution in [0, 0.1) is 0 Å². The van der Waals surface area contributed by atoms with Crippen LogP contribution in [0.25, 0.3) is 0 Å². The molecule has 1 aliphatic heterocycles. The molecule has 0 aliphatic carbocycles. The van der Waals surface area contributed by atoms with Crippen LogP contribution in [0.2, 0.25) is 0 Å². The van der Waals surface area contributed by atoms with Crippen molar-refractivity contribution in [2.45, 2.75) is 19.8 Å². The molecular formula is C11H24IN3O2. The van der Waals surface area contributed by atoms with E-state index in [0.29, 0.717) is 19.1 Å². The summed E-state index contributed by atoms with van der Waals surface area (Å²) < 4.78 is 10.6. The highest BCUT2D eigenvalue weighted by molar-refractivity contribution is 14.0. The molecule has 1 aliphatic rings. The van der Waals surface area contributed by atoms with Gasteiger partial charge in [0.05, 0.1) is 26.4 Å². The van der Waals surface area contributed by atoms with Crippen molar-refractivity contribution in [3.05, 3.63) is 0 Å². The first-order valence-electron chi connectivity index (χ1n) is 6.05. The molecule has 17 heavy (non-hydrogen) atoms. The van der Waals surface area contributed by atoms with Crippen molar-refractivity contribution in [1.29, 1.82) is 0 Å². The second kappa shape index (κ2) is 11.0. The van der Waals surface area contributed by atoms with Crippen LogP contribution < -0.4 is 5.73 Å². The van der Waals surface area contributed by atoms with Gasteiger partial charge in [0.25, 0.3) is 0 Å². The normalized spacial score (nSPS) is 16.8. The van der Waals surface area contributed by atoms with Crippen molar-refractivity contribution in [2.24, 2.45) is 10.7 Å². The van der Waals surface area contributed by atoms with Crippen molar-refractivity contribution >= 4 is 29.9 Å². The van der Waals surface area contributed by atoms with Gasteiger partial charge in [0.2, 0.25) is 0 Å². The van der Waals surface area contributed by atoms with E-state index < -0.39 is 0 Å². The monoisotopic (exact) mass is 357 g/mol. The van der Waals surface area contributed by atoms with E-state index in [-0.39, 0.29) is 24.0 Å². The number of ether oxygens (including phenoxy) is 2. The van der Waals surface area contributed by atoms with Crippen LogP contribution in [0.15, 0.2) is 4.99 Å². The van der Waals surface area contributed by atoms with Gasteiger partial charge < -0.3 is 20.1 Å². The summed E-state index contributed by atoms with van der Waals surface area (Å²) in [6.45, 7) is 7.43. The van der Waals surface area contributed by atoms with Crippen molar-refractivity contribution in [1.82, 2.24) is 4.90 Å². The minimum absolute atomic E-state index is 0. The van der Waals surface area contributed by atoms with Gasteiger partial charge in [-0.05, 0) is 6.42 Å². The summed E-state index contributed by atoms with van der Waals surface area (Å²) in [5.41, 5.74) is 5.85. The van der Waals surface area contributed by atoms with E-state index in [1.165, 1.54) is 6.42 Å². The van der Waals surface area contributed by atoms with Gasteiger partial charge in [0.15, 0.2) is 5.96 Å². The second-order valence-electron chi connectivity index (χ2n) is 3.81. The Morgan fingerprint density at radius 3 is 2.71 bits per heavy atom. The topological polar surface area (TPSA) is 60.1 Å². The zero-order chi connectivity index (χ0) is 11.6. The Labute approximate surface area is 121 Å². The van der Waals surface area contributed by atoms with Crippen LogP contribution in [0.5, 0.6) is 0 Å². The summed E-state index contributed by atoms with van der Waals surface area (Å²) >= 11 is 0. The summed E-state index contributed by atoms with van der Waals surface area (Å²) in [5, 5.41) is 0. The standard InChI is InChI=1S/C11H23N3O2.HI/c1-2-3-7-15-8-4-13-11(12)14-5-9-16-10-6-14;/h2-10H2,1H3,(H2,12,13);1H. The Hall–Kier alpha value is -0.0800. The van der Waals surface area contributed by atoms with Gasteiger partial charge in [-0.15, -0.1) is 24.0 Å². The lowest BCUT2D eigenvalue weighted by atomic mass is 10.4. The van der Waals surface area contributed by atoms with E-state index in [4.69, 9.17) is 15.2 Å². The molecule has 0 radical (unpaired) electrons. The maximum absolute atomic E-state index is 5.85. The molecule has 2 N–H and O–H groups in total. The fourth-order valence-electron chi connectivity index (χ4n) is 1.47. The minimum atomic E-state index is 0. The van der Waals surface area contributed by atoms with Crippen molar-refractivity contribution in [3.63, 3.8) is 0 Å². The van der Waals surface area contributed by atoms with Gasteiger partial charge in [0.1, 0.15) is 0 Å². The van der Waals surface area contributed by atoms with Gasteiger partial charge in [0, 0.05) is 19.7 Å². The Bertz CT molecular complexity index is 209. The summed E-state index contributed by atoms with van der Waals surface area (Å²) in [4.78, 5) is 6.34. The third-order valence-electron chi connectivity index (χ3n) is 2.49. The maximum atomic E-state index is 5.85. The largest absolute Gasteiger partial charge is 0.380 e. The number of nitrogens with two attached hydrogens (primary N) is 1. The molecule has 0 aromatic carbocycles. The van der Waals surface area contributed by atoms with E-state index >= 15 is 0 Å². The highest BCUT2D eigenvalue weighted by atomic mass is 127. The smallest absolute Gasteiger partial charge is 0.191 e. The average molecular weight is 357 g/mol. The number of nitrogens with zero attached hydrogens (tertiary/aromatic N) is 2. The number of rotatable bonds is 6. The second-order valence-corrected chi connectivity index (χ2v) is 3.81.